The molecule has 0 aliphatic heterocycles. The summed E-state index contributed by atoms with van der Waals surface area (Å²) < 4.78 is 25.3. The second kappa shape index (κ2) is 7.22. The summed E-state index contributed by atoms with van der Waals surface area (Å²) in [6.07, 6.45) is 1.74. The Morgan fingerprint density at radius 3 is 2.76 bits per heavy atom. The van der Waals surface area contributed by atoms with Crippen LogP contribution < -0.4 is 0 Å². The third-order valence-corrected chi connectivity index (χ3v) is 2.96. The molecule has 0 bridgehead atoms. The van der Waals surface area contributed by atoms with Gasteiger partial charge in [0.15, 0.2) is 5.12 Å². The molecule has 0 saturated carbocycles. The normalized spacial score (nSPS) is 11.3. The van der Waals surface area contributed by atoms with Crippen LogP contribution in [0.1, 0.15) is 30.9 Å². The van der Waals surface area contributed by atoms with E-state index in [1.807, 2.05) is 6.08 Å². The van der Waals surface area contributed by atoms with E-state index in [0.717, 1.165) is 0 Å². The third kappa shape index (κ3) is 5.13. The van der Waals surface area contributed by atoms with E-state index in [-0.39, 0.29) is 10.7 Å². The quantitative estimate of drug-likeness (QED) is 0.730. The molecule has 0 spiro atoms. The number of carbonyl (C=O) groups excluding carboxylic acids is 1. The summed E-state index contributed by atoms with van der Waals surface area (Å²) in [7, 11) is 0. The number of alkyl halides is 2. The molecular weight excluding hydrogens is 242 g/mol. The standard InChI is InChI=1S/C13H14F2OS/c1-10(16)17-9-5-4-7-11-6-2-3-8-12(11)13(14)15/h2-4,6-8,13H,5,9H2,1H3. The zero-order chi connectivity index (χ0) is 12.7. The molecule has 0 fully saturated rings. The molecule has 0 aliphatic carbocycles. The predicted octanol–water partition coefficient (Wildman–Crippen LogP) is 4.31. The van der Waals surface area contributed by atoms with Gasteiger partial charge in [0.25, 0.3) is 6.43 Å². The van der Waals surface area contributed by atoms with Crippen molar-refractivity contribution in [2.75, 3.05) is 5.75 Å². The highest BCUT2D eigenvalue weighted by Gasteiger charge is 2.09. The van der Waals surface area contributed by atoms with Gasteiger partial charge in [-0.3, -0.25) is 4.79 Å². The van der Waals surface area contributed by atoms with Crippen molar-refractivity contribution in [1.29, 1.82) is 0 Å². The molecule has 0 aliphatic rings. The lowest BCUT2D eigenvalue weighted by molar-refractivity contribution is -0.109. The van der Waals surface area contributed by atoms with Gasteiger partial charge >= 0.3 is 0 Å². The molecule has 0 saturated heterocycles. The first kappa shape index (κ1) is 13.9. The molecule has 0 N–H and O–H groups in total. The zero-order valence-corrected chi connectivity index (χ0v) is 10.3. The fourth-order valence-electron chi connectivity index (χ4n) is 1.34. The van der Waals surface area contributed by atoms with Crippen molar-refractivity contribution in [2.45, 2.75) is 19.8 Å². The highest BCUT2D eigenvalue weighted by molar-refractivity contribution is 8.13. The van der Waals surface area contributed by atoms with Gasteiger partial charge in [-0.25, -0.2) is 8.78 Å². The molecule has 1 aromatic carbocycles. The number of carbonyl (C=O) groups is 1. The molecule has 1 aromatic rings. The van der Waals surface area contributed by atoms with Crippen molar-refractivity contribution in [3.05, 3.63) is 41.5 Å². The van der Waals surface area contributed by atoms with Crippen LogP contribution in [-0.4, -0.2) is 10.9 Å². The van der Waals surface area contributed by atoms with E-state index in [2.05, 4.69) is 0 Å². The van der Waals surface area contributed by atoms with Crippen molar-refractivity contribution in [1.82, 2.24) is 0 Å². The van der Waals surface area contributed by atoms with Gasteiger partial charge in [0.1, 0.15) is 0 Å². The van der Waals surface area contributed by atoms with Crippen LogP contribution >= 0.6 is 11.8 Å². The van der Waals surface area contributed by atoms with Gasteiger partial charge < -0.3 is 0 Å². The Hall–Kier alpha value is -1.16. The Balaban J connectivity index is 2.56. The number of rotatable bonds is 5. The molecule has 0 amide bonds. The van der Waals surface area contributed by atoms with Crippen LogP contribution in [0.3, 0.4) is 0 Å². The fourth-order valence-corrected chi connectivity index (χ4v) is 1.88. The van der Waals surface area contributed by atoms with Crippen molar-refractivity contribution >= 4 is 23.0 Å². The van der Waals surface area contributed by atoms with Gasteiger partial charge in [0, 0.05) is 18.2 Å². The highest BCUT2D eigenvalue weighted by Crippen LogP contribution is 2.23. The number of allylic oxidation sites excluding steroid dienone is 1. The molecule has 17 heavy (non-hydrogen) atoms. The van der Waals surface area contributed by atoms with E-state index in [0.29, 0.717) is 17.7 Å². The zero-order valence-electron chi connectivity index (χ0n) is 9.53. The van der Waals surface area contributed by atoms with E-state index in [1.54, 1.807) is 24.3 Å². The van der Waals surface area contributed by atoms with E-state index in [4.69, 9.17) is 0 Å². The maximum Gasteiger partial charge on any atom is 0.264 e. The number of halogens is 2. The maximum atomic E-state index is 12.6. The molecule has 4 heteroatoms. The second-order valence-electron chi connectivity index (χ2n) is 3.46. The Morgan fingerprint density at radius 1 is 1.41 bits per heavy atom. The predicted molar refractivity (Wildman–Crippen MR) is 68.2 cm³/mol. The lowest BCUT2D eigenvalue weighted by Crippen LogP contribution is -1.88. The Morgan fingerprint density at radius 2 is 2.12 bits per heavy atom. The van der Waals surface area contributed by atoms with Crippen LogP contribution in [0.15, 0.2) is 30.3 Å². The summed E-state index contributed by atoms with van der Waals surface area (Å²) in [5.74, 6) is 0.683. The average molecular weight is 256 g/mol. The van der Waals surface area contributed by atoms with Crippen LogP contribution in [0.2, 0.25) is 0 Å². The van der Waals surface area contributed by atoms with E-state index in [1.165, 1.54) is 24.8 Å². The molecule has 92 valence electrons. The Kier molecular flexibility index (Phi) is 5.91. The van der Waals surface area contributed by atoms with Gasteiger partial charge in [-0.05, 0) is 12.0 Å². The van der Waals surface area contributed by atoms with E-state index >= 15 is 0 Å². The van der Waals surface area contributed by atoms with Crippen LogP contribution in [0.4, 0.5) is 8.78 Å². The SMILES string of the molecule is CC(=O)SCCC=Cc1ccccc1C(F)F. The number of hydrogen-bond donors (Lipinski definition) is 0. The van der Waals surface area contributed by atoms with Crippen molar-refractivity contribution in [2.24, 2.45) is 0 Å². The van der Waals surface area contributed by atoms with Crippen LogP contribution in [0.5, 0.6) is 0 Å². The van der Waals surface area contributed by atoms with Gasteiger partial charge in [-0.1, -0.05) is 48.2 Å². The molecule has 1 nitrogen and oxygen atoms in total. The van der Waals surface area contributed by atoms with E-state index < -0.39 is 6.43 Å². The molecule has 0 atom stereocenters. The summed E-state index contributed by atoms with van der Waals surface area (Å²) in [6.45, 7) is 1.51. The first-order chi connectivity index (χ1) is 8.11. The largest absolute Gasteiger partial charge is 0.288 e. The minimum Gasteiger partial charge on any atom is -0.288 e. The lowest BCUT2D eigenvalue weighted by Gasteiger charge is -2.03. The molecular formula is C13H14F2OS. The number of thioether (sulfide) groups is 1. The topological polar surface area (TPSA) is 17.1 Å². The van der Waals surface area contributed by atoms with Gasteiger partial charge in [0.05, 0.1) is 0 Å². The smallest absolute Gasteiger partial charge is 0.264 e. The number of hydrogen-bond acceptors (Lipinski definition) is 2. The Labute approximate surface area is 104 Å². The summed E-state index contributed by atoms with van der Waals surface area (Å²) in [4.78, 5) is 10.7. The van der Waals surface area contributed by atoms with Crippen molar-refractivity contribution < 1.29 is 13.6 Å². The molecule has 0 aromatic heterocycles. The van der Waals surface area contributed by atoms with Crippen molar-refractivity contribution in [3.8, 4) is 0 Å². The molecule has 0 radical (unpaired) electrons. The minimum atomic E-state index is -2.46. The highest BCUT2D eigenvalue weighted by atomic mass is 32.2. The second-order valence-corrected chi connectivity index (χ2v) is 4.73. The van der Waals surface area contributed by atoms with E-state index in [9.17, 15) is 13.6 Å². The first-order valence-corrected chi connectivity index (χ1v) is 6.27. The van der Waals surface area contributed by atoms with Crippen LogP contribution in [0.25, 0.3) is 6.08 Å². The average Bonchev–Trinajstić information content (AvgIpc) is 2.28. The van der Waals surface area contributed by atoms with Gasteiger partial charge in [-0.2, -0.15) is 0 Å². The molecule has 0 unspecified atom stereocenters. The maximum absolute atomic E-state index is 12.6. The first-order valence-electron chi connectivity index (χ1n) is 5.28. The molecule has 1 rings (SSSR count). The van der Waals surface area contributed by atoms with Crippen LogP contribution in [-0.2, 0) is 4.79 Å². The third-order valence-electron chi connectivity index (χ3n) is 2.12. The summed E-state index contributed by atoms with van der Waals surface area (Å²) in [5.41, 5.74) is 0.582. The van der Waals surface area contributed by atoms with Gasteiger partial charge in [-0.15, -0.1) is 0 Å². The minimum absolute atomic E-state index is 0.0444. The monoisotopic (exact) mass is 256 g/mol. The van der Waals surface area contributed by atoms with Crippen LogP contribution in [0, 0.1) is 0 Å². The number of benzene rings is 1. The summed E-state index contributed by atoms with van der Waals surface area (Å²) in [6, 6.07) is 6.42. The Bertz CT molecular complexity index is 402. The van der Waals surface area contributed by atoms with Gasteiger partial charge in [0.2, 0.25) is 0 Å². The lowest BCUT2D eigenvalue weighted by atomic mass is 10.1. The summed E-state index contributed by atoms with van der Waals surface area (Å²) >= 11 is 1.24. The fraction of sp³-hybridized carbons (Fsp3) is 0.308. The molecule has 0 heterocycles. The summed E-state index contributed by atoms with van der Waals surface area (Å²) in [5, 5.41) is 0.0754. The van der Waals surface area contributed by atoms with Crippen molar-refractivity contribution in [3.63, 3.8) is 0 Å².